The molecule has 2 amide bonds. The van der Waals surface area contributed by atoms with E-state index < -0.39 is 17.8 Å². The minimum Gasteiger partial charge on any atom is -0.481 e. The molecule has 4 rings (SSSR count). The van der Waals surface area contributed by atoms with E-state index in [-0.39, 0.29) is 22.0 Å². The van der Waals surface area contributed by atoms with Crippen LogP contribution in [-0.4, -0.2) is 40.9 Å². The van der Waals surface area contributed by atoms with Crippen molar-refractivity contribution in [1.29, 1.82) is 0 Å². The van der Waals surface area contributed by atoms with E-state index in [1.165, 1.54) is 12.1 Å². The predicted octanol–water partition coefficient (Wildman–Crippen LogP) is 4.84. The molecule has 0 saturated carbocycles. The van der Waals surface area contributed by atoms with Gasteiger partial charge in [0.05, 0.1) is 10.9 Å². The van der Waals surface area contributed by atoms with Crippen LogP contribution in [0.3, 0.4) is 0 Å². The lowest BCUT2D eigenvalue weighted by atomic mass is 9.97. The highest BCUT2D eigenvalue weighted by atomic mass is 35.5. The molecule has 0 aliphatic carbocycles. The van der Waals surface area contributed by atoms with Crippen molar-refractivity contribution in [3.05, 3.63) is 58.6 Å². The Labute approximate surface area is 200 Å². The number of rotatable bonds is 5. The van der Waals surface area contributed by atoms with E-state index in [0.29, 0.717) is 41.8 Å². The fourth-order valence-corrected chi connectivity index (χ4v) is 4.58. The van der Waals surface area contributed by atoms with Gasteiger partial charge in [0.2, 0.25) is 5.91 Å². The first-order valence-electron chi connectivity index (χ1n) is 10.5. The van der Waals surface area contributed by atoms with Crippen LogP contribution in [0.15, 0.2) is 42.6 Å². The van der Waals surface area contributed by atoms with Gasteiger partial charge in [0.15, 0.2) is 6.10 Å². The molecular weight excluding hydrogens is 468 g/mol. The van der Waals surface area contributed by atoms with Crippen LogP contribution in [0.5, 0.6) is 5.75 Å². The number of aromatic nitrogens is 1. The fraction of sp³-hybridized carbons (Fsp3) is 0.292. The van der Waals surface area contributed by atoms with Gasteiger partial charge in [-0.15, -0.1) is 0 Å². The number of likely N-dealkylation sites (tertiary alicyclic amines) is 1. The number of nitrogens with two attached hydrogens (primary N) is 1. The maximum Gasteiger partial charge on any atom is 0.263 e. The summed E-state index contributed by atoms with van der Waals surface area (Å²) in [5.74, 6) is -0.929. The van der Waals surface area contributed by atoms with Gasteiger partial charge in [-0.3, -0.25) is 9.59 Å². The summed E-state index contributed by atoms with van der Waals surface area (Å²) in [5, 5.41) is 1.89. The van der Waals surface area contributed by atoms with Gasteiger partial charge >= 0.3 is 0 Å². The monoisotopic (exact) mass is 489 g/mol. The number of hydrogen-bond acceptors (Lipinski definition) is 4. The number of carbonyl (C=O) groups excluding carboxylic acids is 2. The van der Waals surface area contributed by atoms with Gasteiger partial charge < -0.3 is 15.4 Å². The van der Waals surface area contributed by atoms with Crippen molar-refractivity contribution in [1.82, 2.24) is 9.88 Å². The van der Waals surface area contributed by atoms with Gasteiger partial charge in [-0.1, -0.05) is 23.2 Å². The summed E-state index contributed by atoms with van der Waals surface area (Å²) in [6.07, 6.45) is 2.22. The summed E-state index contributed by atoms with van der Waals surface area (Å²) in [5.41, 5.74) is 6.73. The number of ether oxygens (including phenoxy) is 1. The van der Waals surface area contributed by atoms with E-state index in [2.05, 4.69) is 4.98 Å². The highest BCUT2D eigenvalue weighted by molar-refractivity contribution is 6.36. The molecule has 1 fully saturated rings. The van der Waals surface area contributed by atoms with E-state index >= 15 is 0 Å². The number of fused-ring (bicyclic) bond motifs is 1. The number of nitrogens with zero attached hydrogens (tertiary/aromatic N) is 2. The highest BCUT2D eigenvalue weighted by Crippen LogP contribution is 2.37. The van der Waals surface area contributed by atoms with E-state index in [1.54, 1.807) is 42.3 Å². The summed E-state index contributed by atoms with van der Waals surface area (Å²) in [6, 6.07) is 9.39. The summed E-state index contributed by atoms with van der Waals surface area (Å²) in [7, 11) is 0. The molecule has 0 spiro atoms. The molecule has 9 heteroatoms. The molecule has 6 nitrogen and oxygen atoms in total. The molecule has 3 aromatic rings. The molecule has 0 bridgehead atoms. The SMILES string of the molecule is C[C@@H](Oc1ccc2c(-c3ccc(F)cc3Cl)cnc(Cl)c2c1)C(=O)N1CCC[C@H](C(N)=O)C1. The molecule has 1 aliphatic heterocycles. The lowest BCUT2D eigenvalue weighted by molar-refractivity contribution is -0.141. The smallest absolute Gasteiger partial charge is 0.263 e. The van der Waals surface area contributed by atoms with Crippen LogP contribution in [0, 0.1) is 11.7 Å². The van der Waals surface area contributed by atoms with Crippen LogP contribution in [0.2, 0.25) is 10.2 Å². The lowest BCUT2D eigenvalue weighted by Crippen LogP contribution is -2.48. The van der Waals surface area contributed by atoms with Crippen LogP contribution >= 0.6 is 23.2 Å². The molecule has 33 heavy (non-hydrogen) atoms. The summed E-state index contributed by atoms with van der Waals surface area (Å²) < 4.78 is 19.4. The molecule has 1 aromatic heterocycles. The molecule has 2 heterocycles. The van der Waals surface area contributed by atoms with Crippen molar-refractivity contribution in [3.8, 4) is 16.9 Å². The maximum absolute atomic E-state index is 13.5. The van der Waals surface area contributed by atoms with E-state index in [4.69, 9.17) is 33.7 Å². The van der Waals surface area contributed by atoms with Gasteiger partial charge in [-0.05, 0) is 61.5 Å². The number of amides is 2. The first-order chi connectivity index (χ1) is 15.7. The zero-order valence-electron chi connectivity index (χ0n) is 17.9. The first-order valence-corrected chi connectivity index (χ1v) is 11.3. The third-order valence-electron chi connectivity index (χ3n) is 5.83. The molecule has 0 unspecified atom stereocenters. The van der Waals surface area contributed by atoms with E-state index in [9.17, 15) is 14.0 Å². The molecule has 172 valence electrons. The van der Waals surface area contributed by atoms with Crippen molar-refractivity contribution in [3.63, 3.8) is 0 Å². The van der Waals surface area contributed by atoms with Crippen molar-refractivity contribution >= 4 is 45.8 Å². The molecule has 2 N–H and O–H groups in total. The van der Waals surface area contributed by atoms with Crippen LogP contribution in [0.1, 0.15) is 19.8 Å². The third kappa shape index (κ3) is 4.89. The topological polar surface area (TPSA) is 85.5 Å². The quantitative estimate of drug-likeness (QED) is 0.519. The van der Waals surface area contributed by atoms with E-state index in [1.807, 2.05) is 0 Å². The second-order valence-electron chi connectivity index (χ2n) is 8.08. The molecule has 1 saturated heterocycles. The zero-order valence-corrected chi connectivity index (χ0v) is 19.4. The number of carbonyl (C=O) groups is 2. The summed E-state index contributed by atoms with van der Waals surface area (Å²) >= 11 is 12.6. The lowest BCUT2D eigenvalue weighted by Gasteiger charge is -2.33. The minimum atomic E-state index is -0.768. The first kappa shape index (κ1) is 23.3. The van der Waals surface area contributed by atoms with Crippen LogP contribution in [0.25, 0.3) is 21.9 Å². The summed E-state index contributed by atoms with van der Waals surface area (Å²) in [6.45, 7) is 2.53. The third-order valence-corrected chi connectivity index (χ3v) is 6.44. The highest BCUT2D eigenvalue weighted by Gasteiger charge is 2.30. The van der Waals surface area contributed by atoms with Crippen molar-refractivity contribution in [2.45, 2.75) is 25.9 Å². The van der Waals surface area contributed by atoms with Crippen LogP contribution < -0.4 is 10.5 Å². The fourth-order valence-electron chi connectivity index (χ4n) is 4.11. The van der Waals surface area contributed by atoms with Crippen molar-refractivity contribution in [2.75, 3.05) is 13.1 Å². The Morgan fingerprint density at radius 2 is 1.97 bits per heavy atom. The molecule has 1 aliphatic rings. The number of primary amides is 1. The normalized spacial score (nSPS) is 17.1. The molecule has 2 aromatic carbocycles. The zero-order chi connectivity index (χ0) is 23.7. The number of benzene rings is 2. The standard InChI is InChI=1S/C24H22Cl2FN3O3/c1-13(24(32)30-8-2-3-14(12-30)23(28)31)33-16-5-7-17-19(10-16)22(26)29-11-20(17)18-6-4-15(27)9-21(18)25/h4-7,9-11,13-14H,2-3,8,12H2,1H3,(H2,28,31)/t13-,14+/m1/s1. The van der Waals surface area contributed by atoms with Gasteiger partial charge in [-0.2, -0.15) is 0 Å². The van der Waals surface area contributed by atoms with Crippen LogP contribution in [0.4, 0.5) is 4.39 Å². The number of halogens is 3. The Balaban J connectivity index is 1.59. The molecule has 2 atom stereocenters. The molecule has 0 radical (unpaired) electrons. The largest absolute Gasteiger partial charge is 0.481 e. The Morgan fingerprint density at radius 3 is 2.70 bits per heavy atom. The Bertz CT molecular complexity index is 1240. The van der Waals surface area contributed by atoms with Gasteiger partial charge in [0.25, 0.3) is 5.91 Å². The Kier molecular flexibility index (Phi) is 6.72. The van der Waals surface area contributed by atoms with E-state index in [0.717, 1.165) is 11.8 Å². The number of piperidine rings is 1. The second kappa shape index (κ2) is 9.53. The number of pyridine rings is 1. The average Bonchev–Trinajstić information content (AvgIpc) is 2.79. The second-order valence-corrected chi connectivity index (χ2v) is 8.85. The predicted molar refractivity (Wildman–Crippen MR) is 126 cm³/mol. The Hall–Kier alpha value is -2.90. The molecular formula is C24H22Cl2FN3O3. The minimum absolute atomic E-state index is 0.211. The van der Waals surface area contributed by atoms with Crippen LogP contribution in [-0.2, 0) is 9.59 Å². The van der Waals surface area contributed by atoms with Gasteiger partial charge in [-0.25, -0.2) is 9.37 Å². The van der Waals surface area contributed by atoms with Crippen molar-refractivity contribution < 1.29 is 18.7 Å². The Morgan fingerprint density at radius 1 is 1.18 bits per heavy atom. The summed E-state index contributed by atoms with van der Waals surface area (Å²) in [4.78, 5) is 30.2. The maximum atomic E-state index is 13.5. The van der Waals surface area contributed by atoms with Crippen molar-refractivity contribution in [2.24, 2.45) is 11.7 Å². The average molecular weight is 490 g/mol. The van der Waals surface area contributed by atoms with Gasteiger partial charge in [0, 0.05) is 35.8 Å². The van der Waals surface area contributed by atoms with Gasteiger partial charge in [0.1, 0.15) is 16.7 Å². The number of hydrogen-bond donors (Lipinski definition) is 1.